The molecule has 0 amide bonds. The third-order valence-electron chi connectivity index (χ3n) is 2.83. The summed E-state index contributed by atoms with van der Waals surface area (Å²) in [5.74, 6) is 0.525. The largest absolute Gasteiger partial charge is 0.369 e. The molecule has 4 N–H and O–H groups in total. The van der Waals surface area contributed by atoms with Gasteiger partial charge in [-0.15, -0.1) is 11.3 Å². The molecule has 21 heavy (non-hydrogen) atoms. The predicted octanol–water partition coefficient (Wildman–Crippen LogP) is 0.284. The van der Waals surface area contributed by atoms with Gasteiger partial charge in [0.05, 0.1) is 4.90 Å². The normalized spacial score (nSPS) is 12.0. The third-order valence-corrected chi connectivity index (χ3v) is 5.01. The maximum Gasteiger partial charge on any atom is 0.278 e. The number of nitrogens with zero attached hydrogens (tertiary/aromatic N) is 2. The Kier molecular flexibility index (Phi) is 3.06. The van der Waals surface area contributed by atoms with E-state index in [1.807, 2.05) is 0 Å². The smallest absolute Gasteiger partial charge is 0.278 e. The first-order valence-corrected chi connectivity index (χ1v) is 8.62. The maximum atomic E-state index is 11.7. The topological polar surface area (TPSA) is 135 Å². The summed E-state index contributed by atoms with van der Waals surface area (Å²) in [5, 5.41) is 1.58. The van der Waals surface area contributed by atoms with Gasteiger partial charge >= 0.3 is 0 Å². The molecule has 0 spiro atoms. The molecule has 3 heterocycles. The van der Waals surface area contributed by atoms with E-state index in [2.05, 4.69) is 19.9 Å². The van der Waals surface area contributed by atoms with E-state index in [1.165, 1.54) is 11.3 Å². The zero-order valence-electron chi connectivity index (χ0n) is 10.9. The van der Waals surface area contributed by atoms with E-state index in [0.717, 1.165) is 11.1 Å². The minimum absolute atomic E-state index is 0.000959. The minimum atomic E-state index is -3.22. The molecule has 3 aromatic rings. The lowest BCUT2D eigenvalue weighted by Gasteiger charge is -1.92. The number of imidazole rings is 1. The average molecular weight is 325 g/mol. The molecular weight excluding hydrogens is 314 g/mol. The van der Waals surface area contributed by atoms with Crippen LogP contribution in [0, 0.1) is 0 Å². The molecule has 0 radical (unpaired) electrons. The van der Waals surface area contributed by atoms with Gasteiger partial charge in [0, 0.05) is 22.9 Å². The van der Waals surface area contributed by atoms with Gasteiger partial charge in [-0.1, -0.05) is 0 Å². The number of nitrogens with two attached hydrogens (primary N) is 1. The van der Waals surface area contributed by atoms with Crippen molar-refractivity contribution in [3.05, 3.63) is 32.5 Å². The maximum absolute atomic E-state index is 11.7. The molecule has 0 fully saturated rings. The van der Waals surface area contributed by atoms with Crippen molar-refractivity contribution in [1.82, 2.24) is 19.9 Å². The van der Waals surface area contributed by atoms with E-state index >= 15 is 0 Å². The number of rotatable bonds is 3. The second kappa shape index (κ2) is 4.67. The van der Waals surface area contributed by atoms with Gasteiger partial charge in [0.15, 0.2) is 21.0 Å². The van der Waals surface area contributed by atoms with Crippen molar-refractivity contribution >= 4 is 38.3 Å². The van der Waals surface area contributed by atoms with Crippen molar-refractivity contribution < 1.29 is 8.42 Å². The van der Waals surface area contributed by atoms with Gasteiger partial charge < -0.3 is 10.7 Å². The van der Waals surface area contributed by atoms with Gasteiger partial charge in [-0.2, -0.15) is 4.98 Å². The van der Waals surface area contributed by atoms with E-state index < -0.39 is 9.84 Å². The van der Waals surface area contributed by atoms with Crippen molar-refractivity contribution in [2.75, 3.05) is 12.0 Å². The molecular formula is C11H11N5O3S2. The Balaban J connectivity index is 1.97. The van der Waals surface area contributed by atoms with Crippen molar-refractivity contribution in [1.29, 1.82) is 0 Å². The van der Waals surface area contributed by atoms with Crippen molar-refractivity contribution in [3.63, 3.8) is 0 Å². The summed E-state index contributed by atoms with van der Waals surface area (Å²) in [6.45, 7) is 0. The van der Waals surface area contributed by atoms with Crippen LogP contribution >= 0.6 is 11.3 Å². The lowest BCUT2D eigenvalue weighted by atomic mass is 10.3. The molecule has 8 nitrogen and oxygen atoms in total. The minimum Gasteiger partial charge on any atom is -0.369 e. The van der Waals surface area contributed by atoms with Crippen LogP contribution < -0.4 is 11.3 Å². The van der Waals surface area contributed by atoms with Crippen LogP contribution in [-0.4, -0.2) is 34.6 Å². The van der Waals surface area contributed by atoms with Gasteiger partial charge in [-0.3, -0.25) is 9.78 Å². The standard InChI is InChI=1S/C11H11N5O3S2/c1-21(18,19)6-2-5(20-4-6)3-7-13-8-9(14-7)15-11(12)16-10(8)17/h2,4H,3H2,1H3,(H4,12,13,14,15,16,17). The van der Waals surface area contributed by atoms with Crippen LogP contribution in [0.4, 0.5) is 5.95 Å². The number of sulfone groups is 1. The Morgan fingerprint density at radius 2 is 2.10 bits per heavy atom. The monoisotopic (exact) mass is 325 g/mol. The molecule has 0 atom stereocenters. The number of nitrogens with one attached hydrogen (secondary N) is 2. The lowest BCUT2D eigenvalue weighted by molar-refractivity contribution is 0.602. The summed E-state index contributed by atoms with van der Waals surface area (Å²) in [4.78, 5) is 26.1. The summed E-state index contributed by atoms with van der Waals surface area (Å²) in [6, 6.07) is 1.60. The first-order chi connectivity index (χ1) is 9.83. The highest BCUT2D eigenvalue weighted by molar-refractivity contribution is 7.90. The second-order valence-electron chi connectivity index (χ2n) is 4.53. The molecule has 0 unspecified atom stereocenters. The lowest BCUT2D eigenvalue weighted by Crippen LogP contribution is -2.10. The molecule has 0 aromatic carbocycles. The summed E-state index contributed by atoms with van der Waals surface area (Å²) < 4.78 is 22.9. The molecule has 0 saturated carbocycles. The Labute approximate surface area is 123 Å². The molecule has 0 aliphatic rings. The van der Waals surface area contributed by atoms with Crippen LogP contribution in [-0.2, 0) is 16.3 Å². The van der Waals surface area contributed by atoms with Crippen LogP contribution in [0.1, 0.15) is 10.7 Å². The highest BCUT2D eigenvalue weighted by atomic mass is 32.2. The summed E-state index contributed by atoms with van der Waals surface area (Å²) in [7, 11) is -3.22. The second-order valence-corrected chi connectivity index (χ2v) is 7.54. The number of nitrogen functional groups attached to an aromatic ring is 1. The molecule has 110 valence electrons. The predicted molar refractivity (Wildman–Crippen MR) is 79.2 cm³/mol. The average Bonchev–Trinajstić information content (AvgIpc) is 2.95. The zero-order valence-corrected chi connectivity index (χ0v) is 12.5. The van der Waals surface area contributed by atoms with Crippen LogP contribution in [0.2, 0.25) is 0 Å². The van der Waals surface area contributed by atoms with Gasteiger partial charge in [0.1, 0.15) is 5.82 Å². The summed E-state index contributed by atoms with van der Waals surface area (Å²) >= 11 is 1.32. The number of H-pyrrole nitrogens is 2. The highest BCUT2D eigenvalue weighted by Gasteiger charge is 2.13. The van der Waals surface area contributed by atoms with E-state index in [1.54, 1.807) is 11.4 Å². The van der Waals surface area contributed by atoms with Crippen LogP contribution in [0.15, 0.2) is 21.1 Å². The highest BCUT2D eigenvalue weighted by Crippen LogP contribution is 2.21. The van der Waals surface area contributed by atoms with E-state index in [9.17, 15) is 13.2 Å². The fourth-order valence-corrected chi connectivity index (χ4v) is 3.89. The molecule has 10 heteroatoms. The molecule has 3 rings (SSSR count). The first-order valence-electron chi connectivity index (χ1n) is 5.85. The Morgan fingerprint density at radius 1 is 1.33 bits per heavy atom. The first kappa shape index (κ1) is 13.8. The fraction of sp³-hybridized carbons (Fsp3) is 0.182. The number of fused-ring (bicyclic) bond motifs is 1. The quantitative estimate of drug-likeness (QED) is 0.633. The van der Waals surface area contributed by atoms with E-state index in [-0.39, 0.29) is 27.6 Å². The van der Waals surface area contributed by atoms with Gasteiger partial charge in [0.2, 0.25) is 5.95 Å². The number of hydrogen-bond donors (Lipinski definition) is 3. The van der Waals surface area contributed by atoms with Crippen molar-refractivity contribution in [3.8, 4) is 0 Å². The number of aromatic amines is 2. The zero-order chi connectivity index (χ0) is 15.2. The fourth-order valence-electron chi connectivity index (χ4n) is 1.87. The van der Waals surface area contributed by atoms with Crippen LogP contribution in [0.3, 0.4) is 0 Å². The number of aromatic nitrogens is 4. The molecule has 0 saturated heterocycles. The van der Waals surface area contributed by atoms with Gasteiger partial charge in [0.25, 0.3) is 5.56 Å². The number of thiophene rings is 1. The molecule has 0 bridgehead atoms. The Morgan fingerprint density at radius 3 is 2.76 bits per heavy atom. The number of anilines is 1. The van der Waals surface area contributed by atoms with Gasteiger partial charge in [-0.05, 0) is 6.07 Å². The summed E-state index contributed by atoms with van der Waals surface area (Å²) in [5.41, 5.74) is 5.55. The third kappa shape index (κ3) is 2.67. The Bertz CT molecular complexity index is 983. The SMILES string of the molecule is CS(=O)(=O)c1csc(Cc2nc3nc(N)[nH]c(=O)c3[nH]2)c1. The number of hydrogen-bond acceptors (Lipinski definition) is 7. The summed E-state index contributed by atoms with van der Waals surface area (Å²) in [6.07, 6.45) is 1.54. The van der Waals surface area contributed by atoms with Crippen molar-refractivity contribution in [2.45, 2.75) is 11.3 Å². The van der Waals surface area contributed by atoms with Crippen LogP contribution in [0.5, 0.6) is 0 Å². The van der Waals surface area contributed by atoms with E-state index in [4.69, 9.17) is 5.73 Å². The Hall–Kier alpha value is -2.20. The van der Waals surface area contributed by atoms with Crippen LogP contribution in [0.25, 0.3) is 11.2 Å². The van der Waals surface area contributed by atoms with E-state index in [0.29, 0.717) is 12.2 Å². The molecule has 0 aliphatic carbocycles. The molecule has 0 aliphatic heterocycles. The van der Waals surface area contributed by atoms with Gasteiger partial charge in [-0.25, -0.2) is 13.4 Å². The van der Waals surface area contributed by atoms with Crippen molar-refractivity contribution in [2.24, 2.45) is 0 Å². The molecule has 3 aromatic heterocycles.